The van der Waals surface area contributed by atoms with E-state index in [1.165, 1.54) is 0 Å². The zero-order valence-corrected chi connectivity index (χ0v) is 10.8. The highest BCUT2D eigenvalue weighted by atomic mass is 35.5. The van der Waals surface area contributed by atoms with Crippen molar-refractivity contribution in [1.29, 1.82) is 0 Å². The summed E-state index contributed by atoms with van der Waals surface area (Å²) in [4.78, 5) is 3.70. The molecule has 1 saturated carbocycles. The Morgan fingerprint density at radius 2 is 2.00 bits per heavy atom. The number of aliphatic hydroxyl groups excluding tert-OH is 1. The molecule has 106 valence electrons. The highest BCUT2D eigenvalue weighted by Gasteiger charge is 2.32. The summed E-state index contributed by atoms with van der Waals surface area (Å²) in [6, 6.07) is 0.627. The largest absolute Gasteiger partial charge is 0.417 e. The lowest BCUT2D eigenvalue weighted by Gasteiger charge is -2.29. The van der Waals surface area contributed by atoms with Crippen molar-refractivity contribution in [3.05, 3.63) is 22.8 Å². The normalized spacial score (nSPS) is 24.3. The number of rotatable bonds is 2. The molecule has 0 bridgehead atoms. The molecule has 2 atom stereocenters. The van der Waals surface area contributed by atoms with E-state index in [0.29, 0.717) is 6.42 Å². The van der Waals surface area contributed by atoms with Crippen molar-refractivity contribution in [2.24, 2.45) is 0 Å². The van der Waals surface area contributed by atoms with E-state index in [4.69, 9.17) is 11.6 Å². The fourth-order valence-electron chi connectivity index (χ4n) is 2.15. The van der Waals surface area contributed by atoms with Gasteiger partial charge in [-0.25, -0.2) is 4.98 Å². The molecule has 1 heterocycles. The van der Waals surface area contributed by atoms with Gasteiger partial charge in [-0.3, -0.25) is 0 Å². The van der Waals surface area contributed by atoms with Gasteiger partial charge in [-0.1, -0.05) is 24.4 Å². The smallest absolute Gasteiger partial charge is 0.391 e. The van der Waals surface area contributed by atoms with Crippen molar-refractivity contribution in [1.82, 2.24) is 4.98 Å². The second-order valence-corrected chi connectivity index (χ2v) is 5.06. The first-order valence-corrected chi connectivity index (χ1v) is 6.43. The fraction of sp³-hybridized carbons (Fsp3) is 0.583. The molecule has 19 heavy (non-hydrogen) atoms. The molecular formula is C12H14ClF3N2O. The molecule has 1 aromatic rings. The maximum absolute atomic E-state index is 12.5. The third-order valence-electron chi connectivity index (χ3n) is 3.22. The summed E-state index contributed by atoms with van der Waals surface area (Å²) < 4.78 is 37.4. The van der Waals surface area contributed by atoms with Gasteiger partial charge in [0.15, 0.2) is 0 Å². The zero-order valence-electron chi connectivity index (χ0n) is 10.0. The van der Waals surface area contributed by atoms with E-state index in [2.05, 4.69) is 10.3 Å². The molecule has 1 fully saturated rings. The van der Waals surface area contributed by atoms with E-state index in [-0.39, 0.29) is 16.9 Å². The molecular weight excluding hydrogens is 281 g/mol. The topological polar surface area (TPSA) is 45.1 Å². The Morgan fingerprint density at radius 3 is 2.58 bits per heavy atom. The first kappa shape index (κ1) is 14.4. The van der Waals surface area contributed by atoms with Gasteiger partial charge in [0.05, 0.1) is 22.7 Å². The summed E-state index contributed by atoms with van der Waals surface area (Å²) in [5, 5.41) is 12.6. The first-order valence-electron chi connectivity index (χ1n) is 6.05. The van der Waals surface area contributed by atoms with E-state index >= 15 is 0 Å². The number of nitrogens with zero attached hydrogens (tertiary/aromatic N) is 1. The number of aromatic nitrogens is 1. The quantitative estimate of drug-likeness (QED) is 0.878. The van der Waals surface area contributed by atoms with Crippen LogP contribution in [0.2, 0.25) is 5.02 Å². The minimum atomic E-state index is -4.46. The Bertz CT molecular complexity index is 453. The highest BCUT2D eigenvalue weighted by Crippen LogP contribution is 2.33. The van der Waals surface area contributed by atoms with Crippen LogP contribution in [-0.4, -0.2) is 22.2 Å². The van der Waals surface area contributed by atoms with Crippen LogP contribution in [-0.2, 0) is 6.18 Å². The number of nitrogens with one attached hydrogen (secondary N) is 1. The van der Waals surface area contributed by atoms with Crippen LogP contribution in [0.15, 0.2) is 12.3 Å². The molecule has 0 unspecified atom stereocenters. The Balaban J connectivity index is 2.13. The molecule has 7 heteroatoms. The van der Waals surface area contributed by atoms with E-state index in [9.17, 15) is 18.3 Å². The van der Waals surface area contributed by atoms with Crippen molar-refractivity contribution in [2.45, 2.75) is 44.0 Å². The minimum absolute atomic E-state index is 0.0902. The average molecular weight is 295 g/mol. The number of halogens is 4. The molecule has 0 radical (unpaired) electrons. The lowest BCUT2D eigenvalue weighted by Crippen LogP contribution is -2.36. The molecule has 1 aliphatic rings. The molecule has 3 nitrogen and oxygen atoms in total. The molecule has 0 spiro atoms. The Morgan fingerprint density at radius 1 is 1.32 bits per heavy atom. The summed E-state index contributed by atoms with van der Waals surface area (Å²) in [7, 11) is 0. The van der Waals surface area contributed by atoms with Crippen LogP contribution < -0.4 is 5.32 Å². The lowest BCUT2D eigenvalue weighted by atomic mass is 9.92. The van der Waals surface area contributed by atoms with Crippen molar-refractivity contribution in [3.63, 3.8) is 0 Å². The summed E-state index contributed by atoms with van der Waals surface area (Å²) in [5.41, 5.74) is -0.882. The second kappa shape index (κ2) is 5.54. The van der Waals surface area contributed by atoms with E-state index in [1.807, 2.05) is 0 Å². The monoisotopic (exact) mass is 294 g/mol. The molecule has 2 rings (SSSR count). The SMILES string of the molecule is O[C@H]1CCCC[C@H]1Nc1ncc(C(F)(F)F)cc1Cl. The highest BCUT2D eigenvalue weighted by molar-refractivity contribution is 6.33. The van der Waals surface area contributed by atoms with Crippen LogP contribution in [0.5, 0.6) is 0 Å². The number of hydrogen-bond acceptors (Lipinski definition) is 3. The van der Waals surface area contributed by atoms with E-state index < -0.39 is 17.8 Å². The second-order valence-electron chi connectivity index (χ2n) is 4.65. The summed E-state index contributed by atoms with van der Waals surface area (Å²) >= 11 is 5.80. The fourth-order valence-corrected chi connectivity index (χ4v) is 2.38. The maximum Gasteiger partial charge on any atom is 0.417 e. The van der Waals surface area contributed by atoms with Crippen LogP contribution in [0.3, 0.4) is 0 Å². The van der Waals surface area contributed by atoms with Crippen molar-refractivity contribution < 1.29 is 18.3 Å². The van der Waals surface area contributed by atoms with Crippen LogP contribution in [0.25, 0.3) is 0 Å². The number of pyridine rings is 1. The Labute approximate surface area is 113 Å². The third-order valence-corrected chi connectivity index (χ3v) is 3.51. The van der Waals surface area contributed by atoms with Gasteiger partial charge in [0.1, 0.15) is 5.82 Å². The van der Waals surface area contributed by atoms with Gasteiger partial charge < -0.3 is 10.4 Å². The summed E-state index contributed by atoms with van der Waals surface area (Å²) in [6.07, 6.45) is -0.895. The van der Waals surface area contributed by atoms with Gasteiger partial charge in [0, 0.05) is 6.20 Å². The van der Waals surface area contributed by atoms with Crippen LogP contribution in [0, 0.1) is 0 Å². The van der Waals surface area contributed by atoms with Crippen molar-refractivity contribution in [2.75, 3.05) is 5.32 Å². The molecule has 1 aliphatic carbocycles. The minimum Gasteiger partial charge on any atom is -0.391 e. The lowest BCUT2D eigenvalue weighted by molar-refractivity contribution is -0.137. The molecule has 1 aromatic heterocycles. The molecule has 2 N–H and O–H groups in total. The van der Waals surface area contributed by atoms with E-state index in [0.717, 1.165) is 31.5 Å². The van der Waals surface area contributed by atoms with Gasteiger partial charge in [-0.15, -0.1) is 0 Å². The van der Waals surface area contributed by atoms with Crippen LogP contribution >= 0.6 is 11.6 Å². The predicted octanol–water partition coefficient (Wildman–Crippen LogP) is 3.47. The van der Waals surface area contributed by atoms with Gasteiger partial charge >= 0.3 is 6.18 Å². The zero-order chi connectivity index (χ0) is 14.0. The Hall–Kier alpha value is -1.01. The molecule has 0 saturated heterocycles. The van der Waals surface area contributed by atoms with Crippen LogP contribution in [0.4, 0.5) is 19.0 Å². The third kappa shape index (κ3) is 3.51. The van der Waals surface area contributed by atoms with Gasteiger partial charge in [-0.2, -0.15) is 13.2 Å². The Kier molecular flexibility index (Phi) is 4.20. The van der Waals surface area contributed by atoms with Gasteiger partial charge in [0.25, 0.3) is 0 Å². The number of hydrogen-bond donors (Lipinski definition) is 2. The van der Waals surface area contributed by atoms with E-state index in [1.54, 1.807) is 0 Å². The maximum atomic E-state index is 12.5. The molecule has 0 aromatic carbocycles. The van der Waals surface area contributed by atoms with Crippen LogP contribution in [0.1, 0.15) is 31.2 Å². The molecule has 0 amide bonds. The first-order chi connectivity index (χ1) is 8.88. The van der Waals surface area contributed by atoms with Crippen molar-refractivity contribution in [3.8, 4) is 0 Å². The summed E-state index contributed by atoms with van der Waals surface area (Å²) in [6.45, 7) is 0. The van der Waals surface area contributed by atoms with Gasteiger partial charge in [0.2, 0.25) is 0 Å². The predicted molar refractivity (Wildman–Crippen MR) is 66.1 cm³/mol. The summed E-state index contributed by atoms with van der Waals surface area (Å²) in [5.74, 6) is 0.181. The standard InChI is InChI=1S/C12H14ClF3N2O/c13-8-5-7(12(14,15)16)6-17-11(8)18-9-3-1-2-4-10(9)19/h5-6,9-10,19H,1-4H2,(H,17,18)/t9-,10+/m1/s1. The number of anilines is 1. The average Bonchev–Trinajstić information content (AvgIpc) is 2.33. The van der Waals surface area contributed by atoms with Gasteiger partial charge in [-0.05, 0) is 18.9 Å². The number of alkyl halides is 3. The number of aliphatic hydroxyl groups is 1. The van der Waals surface area contributed by atoms with Crippen molar-refractivity contribution >= 4 is 17.4 Å². The molecule has 0 aliphatic heterocycles.